The molecule has 0 aromatic rings. The fourth-order valence-corrected chi connectivity index (χ4v) is 1.56. The van der Waals surface area contributed by atoms with Crippen molar-refractivity contribution in [3.63, 3.8) is 0 Å². The van der Waals surface area contributed by atoms with Gasteiger partial charge in [0.05, 0.1) is 6.10 Å². The molecule has 3 unspecified atom stereocenters. The summed E-state index contributed by atoms with van der Waals surface area (Å²) in [5.41, 5.74) is 1.34. The average Bonchev–Trinajstić information content (AvgIpc) is 1.82. The van der Waals surface area contributed by atoms with Gasteiger partial charge in [0.15, 0.2) is 0 Å². The van der Waals surface area contributed by atoms with Crippen LogP contribution in [0.1, 0.15) is 27.2 Å². The second kappa shape index (κ2) is 2.75. The maximum absolute atomic E-state index is 9.29. The van der Waals surface area contributed by atoms with Gasteiger partial charge in [-0.05, 0) is 25.2 Å². The molecule has 1 N–H and O–H groups in total. The zero-order chi connectivity index (χ0) is 7.72. The Morgan fingerprint density at radius 2 is 2.10 bits per heavy atom. The van der Waals surface area contributed by atoms with Crippen LogP contribution >= 0.6 is 0 Å². The van der Waals surface area contributed by atoms with Crippen LogP contribution in [0.15, 0.2) is 11.6 Å². The van der Waals surface area contributed by atoms with Gasteiger partial charge in [-0.15, -0.1) is 0 Å². The Morgan fingerprint density at radius 3 is 2.60 bits per heavy atom. The van der Waals surface area contributed by atoms with Crippen molar-refractivity contribution in [2.24, 2.45) is 11.8 Å². The maximum atomic E-state index is 9.29. The highest BCUT2D eigenvalue weighted by Crippen LogP contribution is 2.29. The summed E-state index contributed by atoms with van der Waals surface area (Å²) in [6.45, 7) is 6.52. The van der Waals surface area contributed by atoms with Gasteiger partial charge in [-0.3, -0.25) is 0 Å². The van der Waals surface area contributed by atoms with Crippen LogP contribution in [-0.4, -0.2) is 11.2 Å². The van der Waals surface area contributed by atoms with Gasteiger partial charge in [-0.1, -0.05) is 25.5 Å². The predicted octanol–water partition coefficient (Wildman–Crippen LogP) is 1.97. The third kappa shape index (κ3) is 1.40. The van der Waals surface area contributed by atoms with Gasteiger partial charge < -0.3 is 5.11 Å². The SMILES string of the molecule is CC1=CC(O)CC(C)C1C. The van der Waals surface area contributed by atoms with Crippen molar-refractivity contribution in [1.29, 1.82) is 0 Å². The smallest absolute Gasteiger partial charge is 0.0726 e. The van der Waals surface area contributed by atoms with Crippen molar-refractivity contribution < 1.29 is 5.11 Å². The van der Waals surface area contributed by atoms with Crippen molar-refractivity contribution in [1.82, 2.24) is 0 Å². The van der Waals surface area contributed by atoms with E-state index in [1.165, 1.54) is 5.57 Å². The Kier molecular flexibility index (Phi) is 2.14. The summed E-state index contributed by atoms with van der Waals surface area (Å²) < 4.78 is 0. The van der Waals surface area contributed by atoms with Crippen LogP contribution < -0.4 is 0 Å². The Labute approximate surface area is 62.8 Å². The zero-order valence-corrected chi connectivity index (χ0v) is 6.96. The lowest BCUT2D eigenvalue weighted by molar-refractivity contribution is 0.164. The normalized spacial score (nSPS) is 41.2. The zero-order valence-electron chi connectivity index (χ0n) is 6.96. The van der Waals surface area contributed by atoms with Gasteiger partial charge >= 0.3 is 0 Å². The average molecular weight is 140 g/mol. The van der Waals surface area contributed by atoms with Crippen molar-refractivity contribution in [2.45, 2.75) is 33.3 Å². The van der Waals surface area contributed by atoms with Gasteiger partial charge in [-0.25, -0.2) is 0 Å². The lowest BCUT2D eigenvalue weighted by Gasteiger charge is -2.27. The highest BCUT2D eigenvalue weighted by molar-refractivity contribution is 5.10. The van der Waals surface area contributed by atoms with Crippen molar-refractivity contribution in [3.05, 3.63) is 11.6 Å². The molecule has 1 heteroatoms. The van der Waals surface area contributed by atoms with E-state index in [0.717, 1.165) is 6.42 Å². The molecule has 3 atom stereocenters. The van der Waals surface area contributed by atoms with E-state index in [-0.39, 0.29) is 6.10 Å². The molecule has 1 aliphatic rings. The maximum Gasteiger partial charge on any atom is 0.0726 e. The molecule has 0 saturated heterocycles. The molecule has 1 aliphatic carbocycles. The van der Waals surface area contributed by atoms with Gasteiger partial charge in [-0.2, -0.15) is 0 Å². The Balaban J connectivity index is 2.71. The molecule has 0 amide bonds. The van der Waals surface area contributed by atoms with Gasteiger partial charge in [0.1, 0.15) is 0 Å². The first-order chi connectivity index (χ1) is 4.61. The molecule has 58 valence electrons. The van der Waals surface area contributed by atoms with Crippen LogP contribution in [0.5, 0.6) is 0 Å². The van der Waals surface area contributed by atoms with Crippen molar-refractivity contribution in [3.8, 4) is 0 Å². The van der Waals surface area contributed by atoms with E-state index in [0.29, 0.717) is 11.8 Å². The van der Waals surface area contributed by atoms with Crippen molar-refractivity contribution in [2.75, 3.05) is 0 Å². The standard InChI is InChI=1S/C9H16O/c1-6-4-9(10)5-7(2)8(6)3/h4,7-10H,5H2,1-3H3. The summed E-state index contributed by atoms with van der Waals surface area (Å²) in [6.07, 6.45) is 2.72. The van der Waals surface area contributed by atoms with E-state index >= 15 is 0 Å². The minimum atomic E-state index is -0.189. The van der Waals surface area contributed by atoms with Crippen molar-refractivity contribution >= 4 is 0 Å². The van der Waals surface area contributed by atoms with Crippen LogP contribution in [0, 0.1) is 11.8 Å². The predicted molar refractivity (Wildman–Crippen MR) is 42.7 cm³/mol. The molecule has 0 aromatic heterocycles. The molecule has 0 aliphatic heterocycles. The quantitative estimate of drug-likeness (QED) is 0.510. The summed E-state index contributed by atoms with van der Waals surface area (Å²) in [7, 11) is 0. The van der Waals surface area contributed by atoms with Gasteiger partial charge in [0, 0.05) is 0 Å². The van der Waals surface area contributed by atoms with E-state index in [1.54, 1.807) is 0 Å². The second-order valence-electron chi connectivity index (χ2n) is 3.48. The first-order valence-corrected chi connectivity index (χ1v) is 3.97. The van der Waals surface area contributed by atoms with E-state index in [2.05, 4.69) is 20.8 Å². The number of aliphatic hydroxyl groups is 1. The monoisotopic (exact) mass is 140 g/mol. The molecule has 1 rings (SSSR count). The largest absolute Gasteiger partial charge is 0.389 e. The van der Waals surface area contributed by atoms with E-state index in [9.17, 15) is 5.11 Å². The fraction of sp³-hybridized carbons (Fsp3) is 0.778. The third-order valence-corrected chi connectivity index (χ3v) is 2.64. The molecule has 0 fully saturated rings. The number of rotatable bonds is 0. The van der Waals surface area contributed by atoms with Crippen LogP contribution in [0.3, 0.4) is 0 Å². The Bertz CT molecular complexity index is 149. The lowest BCUT2D eigenvalue weighted by Crippen LogP contribution is -2.22. The number of aliphatic hydroxyl groups excluding tert-OH is 1. The molecule has 1 nitrogen and oxygen atoms in total. The first-order valence-electron chi connectivity index (χ1n) is 3.97. The summed E-state index contributed by atoms with van der Waals surface area (Å²) in [5.74, 6) is 1.29. The lowest BCUT2D eigenvalue weighted by atomic mass is 9.80. The Morgan fingerprint density at radius 1 is 1.50 bits per heavy atom. The van der Waals surface area contributed by atoms with E-state index in [4.69, 9.17) is 0 Å². The molecule has 0 heterocycles. The molecule has 0 spiro atoms. The summed E-state index contributed by atoms with van der Waals surface area (Å²) in [5, 5.41) is 9.29. The minimum Gasteiger partial charge on any atom is -0.389 e. The number of allylic oxidation sites excluding steroid dienone is 1. The molecule has 0 radical (unpaired) electrons. The highest BCUT2D eigenvalue weighted by atomic mass is 16.3. The Hall–Kier alpha value is -0.300. The van der Waals surface area contributed by atoms with Gasteiger partial charge in [0.25, 0.3) is 0 Å². The topological polar surface area (TPSA) is 20.2 Å². The third-order valence-electron chi connectivity index (χ3n) is 2.64. The fourth-order valence-electron chi connectivity index (χ4n) is 1.56. The number of hydrogen-bond donors (Lipinski definition) is 1. The van der Waals surface area contributed by atoms with Gasteiger partial charge in [0.2, 0.25) is 0 Å². The molecular formula is C9H16O. The summed E-state index contributed by atoms with van der Waals surface area (Å²) in [4.78, 5) is 0. The summed E-state index contributed by atoms with van der Waals surface area (Å²) >= 11 is 0. The highest BCUT2D eigenvalue weighted by Gasteiger charge is 2.21. The molecule has 10 heavy (non-hydrogen) atoms. The molecule has 0 bridgehead atoms. The molecular weight excluding hydrogens is 124 g/mol. The van der Waals surface area contributed by atoms with Crippen LogP contribution in [-0.2, 0) is 0 Å². The first kappa shape index (κ1) is 7.80. The summed E-state index contributed by atoms with van der Waals surface area (Å²) in [6, 6.07) is 0. The van der Waals surface area contributed by atoms with Crippen LogP contribution in [0.25, 0.3) is 0 Å². The van der Waals surface area contributed by atoms with Crippen LogP contribution in [0.2, 0.25) is 0 Å². The minimum absolute atomic E-state index is 0.189. The van der Waals surface area contributed by atoms with E-state index in [1.807, 2.05) is 6.08 Å². The molecule has 0 aromatic carbocycles. The van der Waals surface area contributed by atoms with Crippen LogP contribution in [0.4, 0.5) is 0 Å². The van der Waals surface area contributed by atoms with E-state index < -0.39 is 0 Å². The number of hydrogen-bond acceptors (Lipinski definition) is 1. The molecule has 0 saturated carbocycles. The second-order valence-corrected chi connectivity index (χ2v) is 3.48.